The Morgan fingerprint density at radius 3 is 2.64 bits per heavy atom. The summed E-state index contributed by atoms with van der Waals surface area (Å²) in [5, 5.41) is 0. The predicted molar refractivity (Wildman–Crippen MR) is 52.4 cm³/mol. The van der Waals surface area contributed by atoms with Crippen LogP contribution in [0.4, 0.5) is 0 Å². The van der Waals surface area contributed by atoms with Crippen molar-refractivity contribution in [3.63, 3.8) is 0 Å². The van der Waals surface area contributed by atoms with E-state index in [-0.39, 0.29) is 30.2 Å². The lowest BCUT2D eigenvalue weighted by Gasteiger charge is -2.13. The van der Waals surface area contributed by atoms with Crippen LogP contribution in [0.15, 0.2) is 12.2 Å². The number of esters is 2. The molecule has 0 aliphatic carbocycles. The Morgan fingerprint density at radius 1 is 1.50 bits per heavy atom. The molecule has 1 heterocycles. The normalized spacial score (nSPS) is 24.3. The number of ether oxygens (including phenoxy) is 1. The molecule has 2 atom stereocenters. The number of allylic oxidation sites excluding steroid dienone is 2. The molecule has 0 N–H and O–H groups in total. The van der Waals surface area contributed by atoms with Crippen molar-refractivity contribution in [1.82, 2.24) is 0 Å². The molecule has 0 saturated carbocycles. The maximum absolute atomic E-state index is 11.3. The fraction of sp³-hybridized carbons (Fsp3) is 0.636. The zero-order valence-electron chi connectivity index (χ0n) is 8.66. The average molecular weight is 196 g/mol. The second-order valence-electron chi connectivity index (χ2n) is 3.51. The van der Waals surface area contributed by atoms with E-state index in [0.717, 1.165) is 12.8 Å². The van der Waals surface area contributed by atoms with Crippen molar-refractivity contribution in [3.05, 3.63) is 12.2 Å². The zero-order chi connectivity index (χ0) is 10.6. The van der Waals surface area contributed by atoms with Gasteiger partial charge in [-0.25, -0.2) is 0 Å². The topological polar surface area (TPSA) is 43.4 Å². The lowest BCUT2D eigenvalue weighted by Crippen LogP contribution is -2.17. The highest BCUT2D eigenvalue weighted by Crippen LogP contribution is 2.27. The average Bonchev–Trinajstić information content (AvgIpc) is 2.47. The Kier molecular flexibility index (Phi) is 3.86. The van der Waals surface area contributed by atoms with Gasteiger partial charge in [0.1, 0.15) is 0 Å². The van der Waals surface area contributed by atoms with Crippen molar-refractivity contribution in [3.8, 4) is 0 Å². The first kappa shape index (κ1) is 11.0. The van der Waals surface area contributed by atoms with E-state index >= 15 is 0 Å². The van der Waals surface area contributed by atoms with Crippen molar-refractivity contribution in [2.45, 2.75) is 33.1 Å². The quantitative estimate of drug-likeness (QED) is 0.392. The summed E-state index contributed by atoms with van der Waals surface area (Å²) in [6.07, 6.45) is 6.11. The molecule has 1 aliphatic rings. The van der Waals surface area contributed by atoms with E-state index in [2.05, 4.69) is 4.74 Å². The van der Waals surface area contributed by atoms with Gasteiger partial charge in [-0.3, -0.25) is 9.59 Å². The van der Waals surface area contributed by atoms with Gasteiger partial charge in [0.25, 0.3) is 0 Å². The van der Waals surface area contributed by atoms with Crippen LogP contribution in [0.3, 0.4) is 0 Å². The standard InChI is InChI=1S/C11H16O3/c1-3-5-6-8(4-2)9-7-10(12)14-11(9)13/h5-6,8-9H,3-4,7H2,1-2H3/b6-5+. The third-order valence-electron chi connectivity index (χ3n) is 2.51. The Bertz CT molecular complexity index is 255. The summed E-state index contributed by atoms with van der Waals surface area (Å²) in [5.41, 5.74) is 0. The number of rotatable bonds is 4. The Labute approximate surface area is 84.1 Å². The van der Waals surface area contributed by atoms with E-state index in [1.807, 2.05) is 26.0 Å². The van der Waals surface area contributed by atoms with Gasteiger partial charge in [0, 0.05) is 0 Å². The van der Waals surface area contributed by atoms with Crippen LogP contribution in [0, 0.1) is 11.8 Å². The van der Waals surface area contributed by atoms with Crippen LogP contribution in [-0.2, 0) is 14.3 Å². The number of hydrogen-bond acceptors (Lipinski definition) is 3. The molecule has 0 bridgehead atoms. The van der Waals surface area contributed by atoms with Crippen LogP contribution < -0.4 is 0 Å². The minimum Gasteiger partial charge on any atom is -0.393 e. The summed E-state index contributed by atoms with van der Waals surface area (Å²) in [6.45, 7) is 4.06. The summed E-state index contributed by atoms with van der Waals surface area (Å²) >= 11 is 0. The van der Waals surface area contributed by atoms with Gasteiger partial charge < -0.3 is 4.74 Å². The molecule has 1 rings (SSSR count). The minimum absolute atomic E-state index is 0.147. The van der Waals surface area contributed by atoms with E-state index in [1.54, 1.807) is 0 Å². The molecule has 3 nitrogen and oxygen atoms in total. The van der Waals surface area contributed by atoms with Gasteiger partial charge in [0.15, 0.2) is 0 Å². The molecule has 0 amide bonds. The van der Waals surface area contributed by atoms with Crippen molar-refractivity contribution < 1.29 is 14.3 Å². The first-order valence-electron chi connectivity index (χ1n) is 5.10. The van der Waals surface area contributed by atoms with E-state index < -0.39 is 0 Å². The maximum Gasteiger partial charge on any atom is 0.317 e. The van der Waals surface area contributed by atoms with Crippen LogP contribution in [0.25, 0.3) is 0 Å². The number of cyclic esters (lactones) is 2. The lowest BCUT2D eigenvalue weighted by atomic mass is 9.88. The largest absolute Gasteiger partial charge is 0.393 e. The zero-order valence-corrected chi connectivity index (χ0v) is 8.66. The Balaban J connectivity index is 2.65. The summed E-state index contributed by atoms with van der Waals surface area (Å²) in [7, 11) is 0. The number of hydrogen-bond donors (Lipinski definition) is 0. The Morgan fingerprint density at radius 2 is 2.21 bits per heavy atom. The predicted octanol–water partition coefficient (Wildman–Crippen LogP) is 2.07. The monoisotopic (exact) mass is 196 g/mol. The van der Waals surface area contributed by atoms with E-state index in [4.69, 9.17) is 0 Å². The van der Waals surface area contributed by atoms with E-state index in [0.29, 0.717) is 0 Å². The van der Waals surface area contributed by atoms with Crippen LogP contribution in [-0.4, -0.2) is 11.9 Å². The summed E-state index contributed by atoms with van der Waals surface area (Å²) < 4.78 is 4.52. The van der Waals surface area contributed by atoms with E-state index in [1.165, 1.54) is 0 Å². The molecule has 1 fully saturated rings. The SMILES string of the molecule is CC/C=C/C(CC)C1CC(=O)OC1=O. The van der Waals surface area contributed by atoms with Gasteiger partial charge in [0.05, 0.1) is 12.3 Å². The number of carbonyl (C=O) groups is 2. The van der Waals surface area contributed by atoms with Crippen molar-refractivity contribution in [1.29, 1.82) is 0 Å². The van der Waals surface area contributed by atoms with Crippen LogP contribution in [0.2, 0.25) is 0 Å². The minimum atomic E-state index is -0.386. The first-order valence-corrected chi connectivity index (χ1v) is 5.10. The third kappa shape index (κ3) is 2.44. The molecule has 0 spiro atoms. The Hall–Kier alpha value is -1.12. The third-order valence-corrected chi connectivity index (χ3v) is 2.51. The van der Waals surface area contributed by atoms with Gasteiger partial charge in [-0.1, -0.05) is 26.0 Å². The van der Waals surface area contributed by atoms with Crippen LogP contribution >= 0.6 is 0 Å². The summed E-state index contributed by atoms with van der Waals surface area (Å²) in [6, 6.07) is 0. The van der Waals surface area contributed by atoms with Crippen molar-refractivity contribution in [2.24, 2.45) is 11.8 Å². The molecule has 0 radical (unpaired) electrons. The second-order valence-corrected chi connectivity index (χ2v) is 3.51. The molecule has 0 aromatic rings. The van der Waals surface area contributed by atoms with Gasteiger partial charge in [-0.15, -0.1) is 0 Å². The smallest absolute Gasteiger partial charge is 0.317 e. The highest BCUT2D eigenvalue weighted by Gasteiger charge is 2.37. The summed E-state index contributed by atoms with van der Waals surface area (Å²) in [4.78, 5) is 22.2. The van der Waals surface area contributed by atoms with Crippen molar-refractivity contribution in [2.75, 3.05) is 0 Å². The molecule has 14 heavy (non-hydrogen) atoms. The maximum atomic E-state index is 11.3. The molecule has 2 unspecified atom stereocenters. The summed E-state index contributed by atoms with van der Waals surface area (Å²) in [5.74, 6) is -0.852. The molecule has 3 heteroatoms. The highest BCUT2D eigenvalue weighted by molar-refractivity contribution is 5.94. The van der Waals surface area contributed by atoms with Gasteiger partial charge >= 0.3 is 11.9 Å². The molecule has 0 aromatic heterocycles. The fourth-order valence-electron chi connectivity index (χ4n) is 1.68. The van der Waals surface area contributed by atoms with Gasteiger partial charge in [-0.05, 0) is 18.8 Å². The van der Waals surface area contributed by atoms with Crippen molar-refractivity contribution >= 4 is 11.9 Å². The van der Waals surface area contributed by atoms with Crippen LogP contribution in [0.1, 0.15) is 33.1 Å². The van der Waals surface area contributed by atoms with E-state index in [9.17, 15) is 9.59 Å². The second kappa shape index (κ2) is 4.94. The highest BCUT2D eigenvalue weighted by atomic mass is 16.6. The molecule has 0 aromatic carbocycles. The fourth-order valence-corrected chi connectivity index (χ4v) is 1.68. The number of carbonyl (C=O) groups excluding carboxylic acids is 2. The molecule has 1 aliphatic heterocycles. The van der Waals surface area contributed by atoms with Gasteiger partial charge in [0.2, 0.25) is 0 Å². The molecular weight excluding hydrogens is 180 g/mol. The first-order chi connectivity index (χ1) is 6.69. The lowest BCUT2D eigenvalue weighted by molar-refractivity contribution is -0.153. The molecule has 78 valence electrons. The molecular formula is C11H16O3. The van der Waals surface area contributed by atoms with Crippen LogP contribution in [0.5, 0.6) is 0 Å². The van der Waals surface area contributed by atoms with Gasteiger partial charge in [-0.2, -0.15) is 0 Å². The molecule has 1 saturated heterocycles.